The highest BCUT2D eigenvalue weighted by Gasteiger charge is 2.27. The molecule has 27 heavy (non-hydrogen) atoms. The largest absolute Gasteiger partial charge is 0.481 e. The van der Waals surface area contributed by atoms with E-state index in [2.05, 4.69) is 20.0 Å². The molecule has 1 aliphatic rings. The van der Waals surface area contributed by atoms with Gasteiger partial charge in [0.25, 0.3) is 5.89 Å². The van der Waals surface area contributed by atoms with Crippen molar-refractivity contribution in [1.29, 1.82) is 0 Å². The predicted molar refractivity (Wildman–Crippen MR) is 100 cm³/mol. The van der Waals surface area contributed by atoms with Crippen molar-refractivity contribution in [3.8, 4) is 22.8 Å². The van der Waals surface area contributed by atoms with Gasteiger partial charge < -0.3 is 14.5 Å². The first-order valence-electron chi connectivity index (χ1n) is 8.95. The first-order valence-corrected chi connectivity index (χ1v) is 8.95. The van der Waals surface area contributed by atoms with Crippen LogP contribution >= 0.6 is 0 Å². The van der Waals surface area contributed by atoms with Gasteiger partial charge >= 0.3 is 5.97 Å². The average molecular weight is 364 g/mol. The molecule has 7 heteroatoms. The normalized spacial score (nSPS) is 15.1. The molecule has 0 amide bonds. The smallest absolute Gasteiger partial charge is 0.306 e. The topological polar surface area (TPSA) is 92.4 Å². The third kappa shape index (κ3) is 3.53. The molecule has 0 unspecified atom stereocenters. The molecule has 0 atom stereocenters. The number of aryl methyl sites for hydroxylation is 1. The van der Waals surface area contributed by atoms with Gasteiger partial charge in [0.15, 0.2) is 0 Å². The van der Waals surface area contributed by atoms with Gasteiger partial charge in [-0.1, -0.05) is 35.0 Å². The maximum Gasteiger partial charge on any atom is 0.306 e. The molecule has 1 aromatic carbocycles. The number of nitrogens with zero attached hydrogens (tertiary/aromatic N) is 4. The van der Waals surface area contributed by atoms with E-state index in [1.54, 1.807) is 6.20 Å². The molecule has 1 saturated heterocycles. The van der Waals surface area contributed by atoms with E-state index in [1.807, 2.05) is 43.3 Å². The van der Waals surface area contributed by atoms with E-state index in [0.29, 0.717) is 37.6 Å². The third-order valence-electron chi connectivity index (χ3n) is 4.90. The highest BCUT2D eigenvalue weighted by Crippen LogP contribution is 2.31. The number of benzene rings is 1. The summed E-state index contributed by atoms with van der Waals surface area (Å²) in [4.78, 5) is 22.3. The Morgan fingerprint density at radius 3 is 2.63 bits per heavy atom. The molecule has 0 saturated carbocycles. The molecule has 0 bridgehead atoms. The minimum Gasteiger partial charge on any atom is -0.481 e. The van der Waals surface area contributed by atoms with Crippen molar-refractivity contribution >= 4 is 11.8 Å². The van der Waals surface area contributed by atoms with E-state index in [1.165, 1.54) is 5.56 Å². The number of carboxylic acids is 1. The van der Waals surface area contributed by atoms with Gasteiger partial charge in [0.05, 0.1) is 11.5 Å². The molecule has 2 aromatic heterocycles. The van der Waals surface area contributed by atoms with Crippen LogP contribution in [0.2, 0.25) is 0 Å². The van der Waals surface area contributed by atoms with Crippen molar-refractivity contribution in [2.24, 2.45) is 5.92 Å². The zero-order valence-electron chi connectivity index (χ0n) is 15.0. The third-order valence-corrected chi connectivity index (χ3v) is 4.90. The number of anilines is 1. The number of hydrogen-bond donors (Lipinski definition) is 1. The molecule has 1 fully saturated rings. The molecule has 0 radical (unpaired) electrons. The molecule has 138 valence electrons. The van der Waals surface area contributed by atoms with Gasteiger partial charge in [-0.2, -0.15) is 4.98 Å². The predicted octanol–water partition coefficient (Wildman–Crippen LogP) is 3.41. The van der Waals surface area contributed by atoms with Crippen LogP contribution in [0.3, 0.4) is 0 Å². The van der Waals surface area contributed by atoms with E-state index in [9.17, 15) is 9.90 Å². The Bertz CT molecular complexity index is 944. The number of aromatic nitrogens is 3. The van der Waals surface area contributed by atoms with E-state index in [-0.39, 0.29) is 5.92 Å². The summed E-state index contributed by atoms with van der Waals surface area (Å²) in [5.74, 6) is 0.680. The van der Waals surface area contributed by atoms with Crippen LogP contribution in [0.25, 0.3) is 22.8 Å². The fraction of sp³-hybridized carbons (Fsp3) is 0.300. The summed E-state index contributed by atoms with van der Waals surface area (Å²) in [5, 5.41) is 13.3. The molecule has 3 aromatic rings. The Morgan fingerprint density at radius 1 is 1.19 bits per heavy atom. The molecular weight excluding hydrogens is 344 g/mol. The zero-order chi connectivity index (χ0) is 18.8. The second-order valence-electron chi connectivity index (χ2n) is 6.76. The van der Waals surface area contributed by atoms with Crippen molar-refractivity contribution < 1.29 is 14.4 Å². The maximum absolute atomic E-state index is 11.2. The number of carboxylic acid groups (broad SMARTS) is 1. The van der Waals surface area contributed by atoms with E-state index < -0.39 is 5.97 Å². The van der Waals surface area contributed by atoms with Crippen LogP contribution < -0.4 is 4.90 Å². The molecule has 0 spiro atoms. The molecule has 0 aliphatic carbocycles. The summed E-state index contributed by atoms with van der Waals surface area (Å²) in [7, 11) is 0. The quantitative estimate of drug-likeness (QED) is 0.758. The molecule has 1 aliphatic heterocycles. The first kappa shape index (κ1) is 17.2. The summed E-state index contributed by atoms with van der Waals surface area (Å²) in [6.07, 6.45) is 2.92. The minimum absolute atomic E-state index is 0.287. The Kier molecular flexibility index (Phi) is 4.58. The van der Waals surface area contributed by atoms with Gasteiger partial charge in [-0.3, -0.25) is 4.79 Å². The van der Waals surface area contributed by atoms with Crippen LogP contribution in [0.15, 0.2) is 47.1 Å². The second kappa shape index (κ2) is 7.19. The fourth-order valence-corrected chi connectivity index (χ4v) is 3.31. The Balaban J connectivity index is 1.60. The summed E-state index contributed by atoms with van der Waals surface area (Å²) >= 11 is 0. The highest BCUT2D eigenvalue weighted by atomic mass is 16.5. The lowest BCUT2D eigenvalue weighted by Gasteiger charge is -2.31. The summed E-state index contributed by atoms with van der Waals surface area (Å²) < 4.78 is 5.50. The number of aliphatic carboxylic acids is 1. The molecule has 4 rings (SSSR count). The zero-order valence-corrected chi connectivity index (χ0v) is 15.0. The van der Waals surface area contributed by atoms with Crippen LogP contribution in [-0.2, 0) is 4.79 Å². The fourth-order valence-electron chi connectivity index (χ4n) is 3.31. The first-order chi connectivity index (χ1) is 13.1. The average Bonchev–Trinajstić information content (AvgIpc) is 3.19. The van der Waals surface area contributed by atoms with Gasteiger partial charge in [0.2, 0.25) is 5.82 Å². The van der Waals surface area contributed by atoms with E-state index in [0.717, 1.165) is 16.9 Å². The lowest BCUT2D eigenvalue weighted by molar-refractivity contribution is -0.142. The summed E-state index contributed by atoms with van der Waals surface area (Å²) in [6, 6.07) is 11.7. The van der Waals surface area contributed by atoms with E-state index >= 15 is 0 Å². The van der Waals surface area contributed by atoms with Crippen LogP contribution in [0.4, 0.5) is 5.82 Å². The Morgan fingerprint density at radius 2 is 1.93 bits per heavy atom. The van der Waals surface area contributed by atoms with E-state index in [4.69, 9.17) is 4.52 Å². The lowest BCUT2D eigenvalue weighted by atomic mass is 9.97. The van der Waals surface area contributed by atoms with Gasteiger partial charge in [0, 0.05) is 24.8 Å². The maximum atomic E-state index is 11.2. The molecular formula is C20H20N4O3. The number of hydrogen-bond acceptors (Lipinski definition) is 6. The molecule has 3 heterocycles. The monoisotopic (exact) mass is 364 g/mol. The van der Waals surface area contributed by atoms with Gasteiger partial charge in [-0.25, -0.2) is 4.98 Å². The number of carbonyl (C=O) groups is 1. The van der Waals surface area contributed by atoms with Crippen molar-refractivity contribution in [1.82, 2.24) is 15.1 Å². The number of rotatable bonds is 4. The Labute approximate surface area is 156 Å². The second-order valence-corrected chi connectivity index (χ2v) is 6.76. The van der Waals surface area contributed by atoms with Crippen LogP contribution in [0.5, 0.6) is 0 Å². The number of pyridine rings is 1. The van der Waals surface area contributed by atoms with Gasteiger partial charge in [-0.05, 0) is 31.9 Å². The Hall–Kier alpha value is -3.22. The van der Waals surface area contributed by atoms with Crippen molar-refractivity contribution in [2.75, 3.05) is 18.0 Å². The van der Waals surface area contributed by atoms with Crippen molar-refractivity contribution in [2.45, 2.75) is 19.8 Å². The van der Waals surface area contributed by atoms with Crippen LogP contribution in [0.1, 0.15) is 18.4 Å². The van der Waals surface area contributed by atoms with Crippen molar-refractivity contribution in [3.63, 3.8) is 0 Å². The van der Waals surface area contributed by atoms with Gasteiger partial charge in [0.1, 0.15) is 5.82 Å². The van der Waals surface area contributed by atoms with Gasteiger partial charge in [-0.15, -0.1) is 0 Å². The van der Waals surface area contributed by atoms with Crippen LogP contribution in [-0.4, -0.2) is 39.3 Å². The standard InChI is InChI=1S/C20H20N4O3/c1-13-4-6-14(7-5-13)17-22-19(27-23-17)16-3-2-10-21-18(16)24-11-8-15(9-12-24)20(25)26/h2-7,10,15H,8-9,11-12H2,1H3,(H,25,26). The summed E-state index contributed by atoms with van der Waals surface area (Å²) in [6.45, 7) is 3.31. The van der Waals surface area contributed by atoms with Crippen LogP contribution in [0, 0.1) is 12.8 Å². The number of piperidine rings is 1. The molecule has 1 N–H and O–H groups in total. The summed E-state index contributed by atoms with van der Waals surface area (Å²) in [5.41, 5.74) is 2.82. The lowest BCUT2D eigenvalue weighted by Crippen LogP contribution is -2.37. The molecule has 7 nitrogen and oxygen atoms in total. The minimum atomic E-state index is -0.726. The SMILES string of the molecule is Cc1ccc(-c2noc(-c3cccnc3N3CCC(C(=O)O)CC3)n2)cc1. The highest BCUT2D eigenvalue weighted by molar-refractivity contribution is 5.73. The van der Waals surface area contributed by atoms with Crippen molar-refractivity contribution in [3.05, 3.63) is 48.2 Å².